The van der Waals surface area contributed by atoms with E-state index in [1.165, 1.54) is 0 Å². The lowest BCUT2D eigenvalue weighted by Gasteiger charge is -2.31. The van der Waals surface area contributed by atoms with Gasteiger partial charge in [0.25, 0.3) is 0 Å². The largest absolute Gasteiger partial charge is 0.392 e. The van der Waals surface area contributed by atoms with Crippen molar-refractivity contribution in [2.24, 2.45) is 17.8 Å². The highest BCUT2D eigenvalue weighted by molar-refractivity contribution is 5.21. The molecule has 0 bridgehead atoms. The smallest absolute Gasteiger partial charge is 0.345 e. The highest BCUT2D eigenvalue weighted by Crippen LogP contribution is 2.46. The SMILES string of the molecule is CC1Cc2nc(C3CCCCC3C(F)(F)F)[nH]c2CC1C. The van der Waals surface area contributed by atoms with Crippen molar-refractivity contribution in [3.8, 4) is 0 Å². The van der Waals surface area contributed by atoms with Crippen LogP contribution in [0, 0.1) is 17.8 Å². The average molecular weight is 300 g/mol. The van der Waals surface area contributed by atoms with Gasteiger partial charge in [0, 0.05) is 11.6 Å². The van der Waals surface area contributed by atoms with Crippen molar-refractivity contribution in [1.82, 2.24) is 9.97 Å². The van der Waals surface area contributed by atoms with Crippen LogP contribution >= 0.6 is 0 Å². The van der Waals surface area contributed by atoms with Gasteiger partial charge < -0.3 is 4.98 Å². The third-order valence-electron chi connectivity index (χ3n) is 5.43. The van der Waals surface area contributed by atoms with E-state index < -0.39 is 18.0 Å². The molecular formula is C16H23F3N2. The highest BCUT2D eigenvalue weighted by atomic mass is 19.4. The number of H-pyrrole nitrogens is 1. The molecule has 0 spiro atoms. The average Bonchev–Trinajstić information content (AvgIpc) is 2.81. The minimum Gasteiger partial charge on any atom is -0.345 e. The molecule has 3 rings (SSSR count). The third-order valence-corrected chi connectivity index (χ3v) is 5.43. The van der Waals surface area contributed by atoms with Gasteiger partial charge in [-0.1, -0.05) is 26.7 Å². The number of aromatic amines is 1. The summed E-state index contributed by atoms with van der Waals surface area (Å²) in [6.07, 6.45) is 0.0703. The van der Waals surface area contributed by atoms with Crippen molar-refractivity contribution in [2.75, 3.05) is 0 Å². The second-order valence-corrected chi connectivity index (χ2v) is 6.95. The topological polar surface area (TPSA) is 28.7 Å². The summed E-state index contributed by atoms with van der Waals surface area (Å²) in [5.41, 5.74) is 2.07. The van der Waals surface area contributed by atoms with Crippen LogP contribution in [-0.4, -0.2) is 16.1 Å². The molecule has 1 aromatic rings. The lowest BCUT2D eigenvalue weighted by Crippen LogP contribution is -2.32. The first-order chi connectivity index (χ1) is 9.86. The zero-order valence-electron chi connectivity index (χ0n) is 12.6. The molecule has 21 heavy (non-hydrogen) atoms. The number of fused-ring (bicyclic) bond motifs is 1. The summed E-state index contributed by atoms with van der Waals surface area (Å²) in [7, 11) is 0. The van der Waals surface area contributed by atoms with Gasteiger partial charge >= 0.3 is 6.18 Å². The van der Waals surface area contributed by atoms with Crippen LogP contribution in [0.15, 0.2) is 0 Å². The van der Waals surface area contributed by atoms with E-state index in [-0.39, 0.29) is 6.42 Å². The zero-order chi connectivity index (χ0) is 15.2. The molecular weight excluding hydrogens is 277 g/mol. The number of hydrogen-bond acceptors (Lipinski definition) is 1. The standard InChI is InChI=1S/C16H23F3N2/c1-9-7-13-14(8-10(9)2)21-15(20-13)11-5-3-4-6-12(11)16(17,18)19/h9-12H,3-8H2,1-2H3,(H,20,21). The van der Waals surface area contributed by atoms with E-state index in [9.17, 15) is 13.2 Å². The molecule has 1 heterocycles. The lowest BCUT2D eigenvalue weighted by molar-refractivity contribution is -0.187. The van der Waals surface area contributed by atoms with Crippen molar-refractivity contribution in [3.63, 3.8) is 0 Å². The molecule has 2 aliphatic rings. The van der Waals surface area contributed by atoms with Gasteiger partial charge in [-0.3, -0.25) is 0 Å². The van der Waals surface area contributed by atoms with Crippen LogP contribution in [0.2, 0.25) is 0 Å². The Kier molecular flexibility index (Phi) is 3.78. The van der Waals surface area contributed by atoms with E-state index in [0.717, 1.165) is 30.7 Å². The Morgan fingerprint density at radius 3 is 2.43 bits per heavy atom. The fraction of sp³-hybridized carbons (Fsp3) is 0.812. The second kappa shape index (κ2) is 5.33. The van der Waals surface area contributed by atoms with E-state index >= 15 is 0 Å². The Morgan fingerprint density at radius 2 is 1.71 bits per heavy atom. The molecule has 4 atom stereocenters. The van der Waals surface area contributed by atoms with Crippen molar-refractivity contribution < 1.29 is 13.2 Å². The van der Waals surface area contributed by atoms with Crippen molar-refractivity contribution in [3.05, 3.63) is 17.2 Å². The quantitative estimate of drug-likeness (QED) is 0.805. The normalized spacial score (nSPS) is 33.8. The number of rotatable bonds is 1. The Bertz CT molecular complexity index is 479. The Labute approximate surface area is 123 Å². The first-order valence-corrected chi connectivity index (χ1v) is 8.00. The van der Waals surface area contributed by atoms with Gasteiger partial charge in [-0.15, -0.1) is 0 Å². The van der Waals surface area contributed by atoms with Crippen LogP contribution in [0.1, 0.15) is 62.7 Å². The van der Waals surface area contributed by atoms with Crippen LogP contribution in [0.5, 0.6) is 0 Å². The molecule has 0 aromatic carbocycles. The van der Waals surface area contributed by atoms with E-state index in [2.05, 4.69) is 23.8 Å². The summed E-state index contributed by atoms with van der Waals surface area (Å²) >= 11 is 0. The molecule has 5 heteroatoms. The molecule has 1 aromatic heterocycles. The number of aromatic nitrogens is 2. The van der Waals surface area contributed by atoms with E-state index in [1.807, 2.05) is 0 Å². The van der Waals surface area contributed by atoms with Gasteiger partial charge in [0.2, 0.25) is 0 Å². The van der Waals surface area contributed by atoms with Crippen LogP contribution in [0.4, 0.5) is 13.2 Å². The number of alkyl halides is 3. The highest BCUT2D eigenvalue weighted by Gasteiger charge is 2.47. The van der Waals surface area contributed by atoms with Crippen molar-refractivity contribution in [1.29, 1.82) is 0 Å². The molecule has 2 aliphatic carbocycles. The summed E-state index contributed by atoms with van der Waals surface area (Å²) in [4.78, 5) is 7.81. The molecule has 4 unspecified atom stereocenters. The molecule has 1 fully saturated rings. The van der Waals surface area contributed by atoms with Crippen LogP contribution in [0.3, 0.4) is 0 Å². The molecule has 0 aliphatic heterocycles. The summed E-state index contributed by atoms with van der Waals surface area (Å²) in [5, 5.41) is 0. The fourth-order valence-electron chi connectivity index (χ4n) is 3.86. The monoisotopic (exact) mass is 300 g/mol. The Hall–Kier alpha value is -1.00. The summed E-state index contributed by atoms with van der Waals surface area (Å²) < 4.78 is 39.7. The van der Waals surface area contributed by atoms with E-state index in [1.54, 1.807) is 0 Å². The van der Waals surface area contributed by atoms with Crippen LogP contribution < -0.4 is 0 Å². The van der Waals surface area contributed by atoms with Crippen LogP contribution in [-0.2, 0) is 12.8 Å². The molecule has 118 valence electrons. The van der Waals surface area contributed by atoms with Gasteiger partial charge in [-0.2, -0.15) is 13.2 Å². The van der Waals surface area contributed by atoms with Gasteiger partial charge in [0.05, 0.1) is 11.6 Å². The van der Waals surface area contributed by atoms with Gasteiger partial charge in [-0.05, 0) is 37.5 Å². The number of imidazole rings is 1. The number of nitrogens with one attached hydrogen (secondary N) is 1. The summed E-state index contributed by atoms with van der Waals surface area (Å²) in [6.45, 7) is 4.40. The number of hydrogen-bond donors (Lipinski definition) is 1. The number of halogens is 3. The minimum absolute atomic E-state index is 0.242. The third kappa shape index (κ3) is 2.84. The predicted octanol–water partition coefficient (Wildman–Crippen LogP) is 4.62. The predicted molar refractivity (Wildman–Crippen MR) is 75.1 cm³/mol. The second-order valence-electron chi connectivity index (χ2n) is 6.95. The van der Waals surface area contributed by atoms with E-state index in [0.29, 0.717) is 30.5 Å². The molecule has 0 radical (unpaired) electrons. The number of nitrogens with zero attached hydrogens (tertiary/aromatic N) is 1. The zero-order valence-corrected chi connectivity index (χ0v) is 12.6. The first-order valence-electron chi connectivity index (χ1n) is 8.00. The maximum absolute atomic E-state index is 13.2. The Morgan fingerprint density at radius 1 is 1.05 bits per heavy atom. The van der Waals surface area contributed by atoms with E-state index in [4.69, 9.17) is 0 Å². The fourth-order valence-corrected chi connectivity index (χ4v) is 3.86. The van der Waals surface area contributed by atoms with Crippen molar-refractivity contribution in [2.45, 2.75) is 64.5 Å². The maximum Gasteiger partial charge on any atom is 0.392 e. The first kappa shape index (κ1) is 14.9. The Balaban J connectivity index is 1.88. The van der Waals surface area contributed by atoms with Gasteiger partial charge in [0.1, 0.15) is 5.82 Å². The molecule has 1 N–H and O–H groups in total. The van der Waals surface area contributed by atoms with Gasteiger partial charge in [-0.25, -0.2) is 4.98 Å². The minimum atomic E-state index is -4.11. The molecule has 2 nitrogen and oxygen atoms in total. The summed E-state index contributed by atoms with van der Waals surface area (Å²) in [6, 6.07) is 0. The molecule has 0 amide bonds. The lowest BCUT2D eigenvalue weighted by atomic mass is 9.78. The molecule has 1 saturated carbocycles. The van der Waals surface area contributed by atoms with Gasteiger partial charge in [0.15, 0.2) is 0 Å². The van der Waals surface area contributed by atoms with Crippen LogP contribution in [0.25, 0.3) is 0 Å². The molecule has 0 saturated heterocycles. The van der Waals surface area contributed by atoms with Crippen molar-refractivity contribution >= 4 is 0 Å². The summed E-state index contributed by atoms with van der Waals surface area (Å²) in [5.74, 6) is 0.000903. The maximum atomic E-state index is 13.2.